The van der Waals surface area contributed by atoms with E-state index in [1.165, 1.54) is 0 Å². The lowest BCUT2D eigenvalue weighted by molar-refractivity contribution is -0.0327. The van der Waals surface area contributed by atoms with Gasteiger partial charge in [0.2, 0.25) is 17.8 Å². The average Bonchev–Trinajstić information content (AvgIpc) is 2.44. The van der Waals surface area contributed by atoms with E-state index in [4.69, 9.17) is 0 Å². The van der Waals surface area contributed by atoms with Gasteiger partial charge in [0.15, 0.2) is 0 Å². The number of anilines is 3. The zero-order valence-electron chi connectivity index (χ0n) is 12.2. The van der Waals surface area contributed by atoms with E-state index in [-0.39, 0.29) is 30.0 Å². The molecule has 0 fully saturated rings. The standard InChI is InChI=1S/C11H19F3N6S/c1-4-20(5-2)10-18-8(15-3)17-9(19-10)16-6-7-21-11(12,13)14/h4-7H2,1-3H3,(H2,15,16,17,18,19). The van der Waals surface area contributed by atoms with Gasteiger partial charge in [0.1, 0.15) is 0 Å². The third-order valence-corrected chi connectivity index (χ3v) is 3.28. The van der Waals surface area contributed by atoms with Crippen molar-refractivity contribution in [3.8, 4) is 0 Å². The topological polar surface area (TPSA) is 66.0 Å². The van der Waals surface area contributed by atoms with Crippen molar-refractivity contribution >= 4 is 29.6 Å². The van der Waals surface area contributed by atoms with Crippen molar-refractivity contribution < 1.29 is 13.2 Å². The molecule has 0 aromatic carbocycles. The highest BCUT2D eigenvalue weighted by atomic mass is 32.2. The summed E-state index contributed by atoms with van der Waals surface area (Å²) in [6.07, 6.45) is 0. The number of halogens is 3. The Kier molecular flexibility index (Phi) is 6.79. The number of nitrogens with zero attached hydrogens (tertiary/aromatic N) is 4. The number of nitrogens with one attached hydrogen (secondary N) is 2. The summed E-state index contributed by atoms with van der Waals surface area (Å²) in [6.45, 7) is 5.52. The molecule has 1 rings (SSSR count). The van der Waals surface area contributed by atoms with Gasteiger partial charge in [-0.15, -0.1) is 0 Å². The van der Waals surface area contributed by atoms with Gasteiger partial charge in [-0.1, -0.05) is 0 Å². The van der Waals surface area contributed by atoms with Crippen molar-refractivity contribution in [1.29, 1.82) is 0 Å². The Morgan fingerprint density at radius 3 is 2.24 bits per heavy atom. The Hall–Kier alpha value is -1.45. The lowest BCUT2D eigenvalue weighted by atomic mass is 10.5. The van der Waals surface area contributed by atoms with Gasteiger partial charge < -0.3 is 15.5 Å². The second-order valence-electron chi connectivity index (χ2n) is 3.93. The van der Waals surface area contributed by atoms with Crippen molar-refractivity contribution in [3.05, 3.63) is 0 Å². The molecule has 10 heteroatoms. The van der Waals surface area contributed by atoms with Crippen molar-refractivity contribution in [2.75, 3.05) is 48.0 Å². The minimum absolute atomic E-state index is 0.0774. The van der Waals surface area contributed by atoms with E-state index >= 15 is 0 Å². The lowest BCUT2D eigenvalue weighted by Gasteiger charge is -2.19. The van der Waals surface area contributed by atoms with Crippen LogP contribution < -0.4 is 15.5 Å². The third kappa shape index (κ3) is 6.23. The fourth-order valence-corrected chi connectivity index (χ4v) is 1.97. The van der Waals surface area contributed by atoms with Gasteiger partial charge in [-0.2, -0.15) is 28.1 Å². The maximum absolute atomic E-state index is 12.0. The molecule has 2 N–H and O–H groups in total. The zero-order valence-corrected chi connectivity index (χ0v) is 13.0. The van der Waals surface area contributed by atoms with E-state index < -0.39 is 5.51 Å². The van der Waals surface area contributed by atoms with Crippen molar-refractivity contribution in [1.82, 2.24) is 15.0 Å². The summed E-state index contributed by atoms with van der Waals surface area (Å²) in [5.41, 5.74) is -4.22. The predicted octanol–water partition coefficient (Wildman–Crippen LogP) is 2.42. The fraction of sp³-hybridized carbons (Fsp3) is 0.727. The first-order valence-corrected chi connectivity index (χ1v) is 7.51. The molecule has 0 atom stereocenters. The first kappa shape index (κ1) is 17.6. The van der Waals surface area contributed by atoms with Gasteiger partial charge in [-0.3, -0.25) is 0 Å². The first-order valence-electron chi connectivity index (χ1n) is 6.53. The largest absolute Gasteiger partial charge is 0.441 e. The van der Waals surface area contributed by atoms with E-state index in [2.05, 4.69) is 25.6 Å². The van der Waals surface area contributed by atoms with Gasteiger partial charge in [0.05, 0.1) is 0 Å². The van der Waals surface area contributed by atoms with Crippen molar-refractivity contribution in [2.24, 2.45) is 0 Å². The van der Waals surface area contributed by atoms with Gasteiger partial charge >= 0.3 is 5.51 Å². The molecule has 1 aromatic rings. The van der Waals surface area contributed by atoms with E-state index in [1.807, 2.05) is 18.7 Å². The molecule has 0 radical (unpaired) electrons. The Morgan fingerprint density at radius 1 is 1.10 bits per heavy atom. The second kappa shape index (κ2) is 8.11. The summed E-state index contributed by atoms with van der Waals surface area (Å²) in [7, 11) is 1.67. The van der Waals surface area contributed by atoms with Crippen LogP contribution in [0.15, 0.2) is 0 Å². The molecule has 0 aliphatic heterocycles. The molecule has 21 heavy (non-hydrogen) atoms. The summed E-state index contributed by atoms with van der Waals surface area (Å²) in [4.78, 5) is 14.5. The smallest absolute Gasteiger partial charge is 0.357 e. The predicted molar refractivity (Wildman–Crippen MR) is 79.9 cm³/mol. The summed E-state index contributed by atoms with van der Waals surface area (Å²) in [6, 6.07) is 0. The Morgan fingerprint density at radius 2 is 1.71 bits per heavy atom. The van der Waals surface area contributed by atoms with Crippen LogP contribution in [0.3, 0.4) is 0 Å². The molecule has 120 valence electrons. The number of rotatable bonds is 8. The highest BCUT2D eigenvalue weighted by Gasteiger charge is 2.27. The van der Waals surface area contributed by atoms with Crippen LogP contribution in [0.2, 0.25) is 0 Å². The first-order chi connectivity index (χ1) is 9.89. The summed E-state index contributed by atoms with van der Waals surface area (Å²) >= 11 is -0.0774. The van der Waals surface area contributed by atoms with Crippen LogP contribution in [-0.2, 0) is 0 Å². The number of aromatic nitrogens is 3. The van der Waals surface area contributed by atoms with E-state index in [0.717, 1.165) is 13.1 Å². The average molecular weight is 324 g/mol. The summed E-state index contributed by atoms with van der Waals surface area (Å²) in [5.74, 6) is 1.02. The monoisotopic (exact) mass is 324 g/mol. The molecule has 0 spiro atoms. The Bertz CT molecular complexity index is 438. The minimum Gasteiger partial charge on any atom is -0.357 e. The molecule has 0 aliphatic rings. The number of hydrogen-bond donors (Lipinski definition) is 2. The SMILES string of the molecule is CCN(CC)c1nc(NC)nc(NCCSC(F)(F)F)n1. The second-order valence-corrected chi connectivity index (χ2v) is 5.09. The van der Waals surface area contributed by atoms with Crippen LogP contribution in [0.5, 0.6) is 0 Å². The molecule has 0 bridgehead atoms. The summed E-state index contributed by atoms with van der Waals surface area (Å²) < 4.78 is 36.1. The van der Waals surface area contributed by atoms with E-state index in [0.29, 0.717) is 11.9 Å². The van der Waals surface area contributed by atoms with Crippen LogP contribution in [0.4, 0.5) is 31.0 Å². The molecule has 0 saturated heterocycles. The molecule has 0 aliphatic carbocycles. The molecule has 1 aromatic heterocycles. The molecule has 6 nitrogen and oxygen atoms in total. The maximum Gasteiger partial charge on any atom is 0.441 e. The highest BCUT2D eigenvalue weighted by Crippen LogP contribution is 2.29. The van der Waals surface area contributed by atoms with Gasteiger partial charge in [0.25, 0.3) is 0 Å². The van der Waals surface area contributed by atoms with Crippen molar-refractivity contribution in [2.45, 2.75) is 19.4 Å². The van der Waals surface area contributed by atoms with E-state index in [9.17, 15) is 13.2 Å². The molecular weight excluding hydrogens is 305 g/mol. The van der Waals surface area contributed by atoms with Crippen LogP contribution in [0.25, 0.3) is 0 Å². The van der Waals surface area contributed by atoms with Gasteiger partial charge in [0, 0.05) is 32.4 Å². The van der Waals surface area contributed by atoms with Crippen LogP contribution in [-0.4, -0.2) is 52.9 Å². The number of hydrogen-bond acceptors (Lipinski definition) is 7. The Balaban J connectivity index is 2.70. The van der Waals surface area contributed by atoms with Gasteiger partial charge in [-0.05, 0) is 25.6 Å². The van der Waals surface area contributed by atoms with Crippen LogP contribution in [0, 0.1) is 0 Å². The molecule has 0 unspecified atom stereocenters. The normalized spacial score (nSPS) is 11.3. The Labute approximate surface area is 125 Å². The summed E-state index contributed by atoms with van der Waals surface area (Å²) in [5, 5.41) is 5.60. The highest BCUT2D eigenvalue weighted by molar-refractivity contribution is 8.00. The van der Waals surface area contributed by atoms with Crippen molar-refractivity contribution in [3.63, 3.8) is 0 Å². The van der Waals surface area contributed by atoms with Crippen LogP contribution >= 0.6 is 11.8 Å². The van der Waals surface area contributed by atoms with Gasteiger partial charge in [-0.25, -0.2) is 0 Å². The zero-order chi connectivity index (χ0) is 15.9. The third-order valence-electron chi connectivity index (χ3n) is 2.54. The van der Waals surface area contributed by atoms with E-state index in [1.54, 1.807) is 7.05 Å². The van der Waals surface area contributed by atoms with Crippen LogP contribution in [0.1, 0.15) is 13.8 Å². The maximum atomic E-state index is 12.0. The molecule has 1 heterocycles. The lowest BCUT2D eigenvalue weighted by Crippen LogP contribution is -2.25. The quantitative estimate of drug-likeness (QED) is 0.712. The molecule has 0 amide bonds. The minimum atomic E-state index is -4.22. The number of alkyl halides is 3. The number of thioether (sulfide) groups is 1. The molecule has 0 saturated carbocycles. The fourth-order valence-electron chi connectivity index (χ4n) is 1.53. The molecular formula is C11H19F3N6S.